The molecule has 48 valence electrons. The van der Waals surface area contributed by atoms with E-state index in [0.717, 1.165) is 0 Å². The third-order valence-corrected chi connectivity index (χ3v) is 0. The molecule has 9 heteroatoms. The Bertz CT molecular complexity index is 15.8. The van der Waals surface area contributed by atoms with E-state index in [1.165, 1.54) is 0 Å². The minimum atomic E-state index is -2.17. The van der Waals surface area contributed by atoms with Gasteiger partial charge in [0.15, 0.2) is 0 Å². The van der Waals surface area contributed by atoms with Crippen LogP contribution in [0.5, 0.6) is 0 Å². The number of rotatable bonds is 0. The first-order valence-electron chi connectivity index (χ1n) is 0.775. The van der Waals surface area contributed by atoms with Crippen molar-refractivity contribution in [1.82, 2.24) is 0 Å². The van der Waals surface area contributed by atoms with Gasteiger partial charge in [-0.05, 0) is 0 Å². The topological polar surface area (TPSA) is 146 Å². The van der Waals surface area contributed by atoms with Crippen LogP contribution in [-0.4, -0.2) is 57.1 Å². The van der Waals surface area contributed by atoms with Crippen LogP contribution in [-0.2, 0) is 16.4 Å². The van der Waals surface area contributed by atoms with E-state index >= 15 is 0 Å². The quantitative estimate of drug-likeness (QED) is 0.324. The Labute approximate surface area is 73.9 Å². The number of hydrogen-bond donors (Lipinski definition) is 3. The second kappa shape index (κ2) is 36.6. The summed E-state index contributed by atoms with van der Waals surface area (Å²) in [4.78, 5) is 0. The molecule has 3 N–H and O–H groups in total. The van der Waals surface area contributed by atoms with Crippen molar-refractivity contribution in [3.05, 3.63) is 0 Å². The largest absolute Gasteiger partial charge is 3.00 e. The van der Waals surface area contributed by atoms with Crippen LogP contribution in [0.2, 0.25) is 0 Å². The summed E-state index contributed by atoms with van der Waals surface area (Å²) in [6.07, 6.45) is 0. The average Bonchev–Trinajstić information content (AvgIpc) is 0.811. The third kappa shape index (κ3) is 533. The van der Waals surface area contributed by atoms with Gasteiger partial charge in [0.05, 0.1) is 0 Å². The number of hydrogen-bond acceptors (Lipinski definition) is 3. The Morgan fingerprint density at radius 3 is 0.667 bits per heavy atom. The molecule has 0 aromatic rings. The summed E-state index contributed by atoms with van der Waals surface area (Å²) in [6, 6.07) is 0. The van der Waals surface area contributed by atoms with Crippen LogP contribution in [0.15, 0.2) is 0 Å². The Morgan fingerprint density at radius 2 is 0.667 bits per heavy atom. The van der Waals surface area contributed by atoms with Gasteiger partial charge in [0.25, 0.3) is 0 Å². The van der Waals surface area contributed by atoms with Crippen molar-refractivity contribution in [3.63, 3.8) is 0 Å². The molecule has 0 amide bonds. The molecule has 0 heterocycles. The Kier molecular flexibility index (Phi) is 210. The first-order chi connectivity index (χ1) is 1.73. The van der Waals surface area contributed by atoms with Crippen LogP contribution in [0.25, 0.3) is 0 Å². The van der Waals surface area contributed by atoms with E-state index in [9.17, 15) is 0 Å². The molecule has 0 spiro atoms. The summed E-state index contributed by atoms with van der Waals surface area (Å²) in [6.45, 7) is 0. The summed E-state index contributed by atoms with van der Waals surface area (Å²) < 4.78 is 0. The van der Waals surface area contributed by atoms with Crippen molar-refractivity contribution >= 4 is 42.0 Å². The molecule has 0 unspecified atom stereocenters. The maximum absolute atomic E-state index is 7.17. The van der Waals surface area contributed by atoms with Gasteiger partial charge in [-0.3, -0.25) is 0 Å². The smallest absolute Gasteiger partial charge is 2.00 e. The first kappa shape index (κ1) is 51.7. The molecule has 6 nitrogen and oxygen atoms in total. The fraction of sp³-hybridized carbons (Fsp3) is 0. The van der Waals surface area contributed by atoms with Crippen LogP contribution in [0.3, 0.4) is 0 Å². The van der Waals surface area contributed by atoms with Crippen molar-refractivity contribution in [2.45, 2.75) is 0 Å². The van der Waals surface area contributed by atoms with Gasteiger partial charge in [0, 0.05) is 0 Å². The summed E-state index contributed by atoms with van der Waals surface area (Å²) in [7, 11) is -2.17. The maximum Gasteiger partial charge on any atom is 3.00 e. The Morgan fingerprint density at radius 1 is 0.667 bits per heavy atom. The van der Waals surface area contributed by atoms with Gasteiger partial charge in [0.1, 0.15) is 0 Å². The monoisotopic (exact) mass is 164 g/mol. The molecule has 9 heavy (non-hydrogen) atoms. The summed E-state index contributed by atoms with van der Waals surface area (Å²) in [5.74, 6) is 0. The van der Waals surface area contributed by atoms with Gasteiger partial charge in [-0.2, -0.15) is 0 Å². The minimum absolute atomic E-state index is 0. The predicted octanol–water partition coefficient (Wildman–Crippen LogP) is -3.17. The van der Waals surface area contributed by atoms with Crippen LogP contribution in [0.1, 0.15) is 0 Å². The zero-order valence-corrected chi connectivity index (χ0v) is 6.61. The van der Waals surface area contributed by atoms with E-state index in [0.29, 0.717) is 0 Å². The molecule has 0 atom stereocenters. The molecule has 0 saturated heterocycles. The zero-order valence-electron chi connectivity index (χ0n) is 4.30. The van der Waals surface area contributed by atoms with E-state index < -0.39 is 7.32 Å². The minimum Gasteiger partial charge on any atom is -2.00 e. The van der Waals surface area contributed by atoms with Crippen molar-refractivity contribution in [3.8, 4) is 0 Å². The molecular weight excluding hydrogens is 161 g/mol. The van der Waals surface area contributed by atoms with Gasteiger partial charge in [-0.25, -0.2) is 0 Å². The molecule has 0 radical (unpaired) electrons. The molecule has 0 aliphatic carbocycles. The van der Waals surface area contributed by atoms with Crippen molar-refractivity contribution in [2.24, 2.45) is 0 Å². The molecular formula is H3Al2BO6. The van der Waals surface area contributed by atoms with E-state index in [-0.39, 0.29) is 51.2 Å². The van der Waals surface area contributed by atoms with E-state index in [4.69, 9.17) is 15.1 Å². The van der Waals surface area contributed by atoms with E-state index in [2.05, 4.69) is 0 Å². The molecule has 0 rings (SSSR count). The van der Waals surface area contributed by atoms with Crippen molar-refractivity contribution in [2.75, 3.05) is 0 Å². The fourth-order valence-electron chi connectivity index (χ4n) is 0. The van der Waals surface area contributed by atoms with Gasteiger partial charge in [-0.1, -0.05) is 0 Å². The SMILES string of the molecule is OB(O)O.[Al+3].[Al+3].[O-2].[O-2].[O-2]. The van der Waals surface area contributed by atoms with Gasteiger partial charge >= 0.3 is 42.0 Å². The van der Waals surface area contributed by atoms with Crippen LogP contribution in [0, 0.1) is 0 Å². The normalized spacial score (nSPS) is 3.00. The van der Waals surface area contributed by atoms with Gasteiger partial charge < -0.3 is 31.5 Å². The van der Waals surface area contributed by atoms with E-state index in [1.54, 1.807) is 0 Å². The molecule has 0 aromatic carbocycles. The van der Waals surface area contributed by atoms with Crippen molar-refractivity contribution < 1.29 is 31.5 Å². The van der Waals surface area contributed by atoms with Crippen molar-refractivity contribution in [1.29, 1.82) is 0 Å². The molecule has 0 saturated carbocycles. The van der Waals surface area contributed by atoms with Crippen LogP contribution < -0.4 is 0 Å². The third-order valence-electron chi connectivity index (χ3n) is 0. The summed E-state index contributed by atoms with van der Waals surface area (Å²) >= 11 is 0. The predicted molar refractivity (Wildman–Crippen MR) is 26.0 cm³/mol. The second-order valence-electron chi connectivity index (χ2n) is 0.346. The summed E-state index contributed by atoms with van der Waals surface area (Å²) in [5.41, 5.74) is 0. The van der Waals surface area contributed by atoms with Gasteiger partial charge in [0.2, 0.25) is 0 Å². The molecule has 0 fully saturated rings. The average molecular weight is 164 g/mol. The van der Waals surface area contributed by atoms with E-state index in [1.807, 2.05) is 0 Å². The molecule has 0 aliphatic rings. The maximum atomic E-state index is 7.17. The first-order valence-corrected chi connectivity index (χ1v) is 0.775. The fourth-order valence-corrected chi connectivity index (χ4v) is 0. The second-order valence-corrected chi connectivity index (χ2v) is 0.346. The standard InChI is InChI=1S/2Al.BH3O3.3O/c;;2-1(3)4;;;/h;;2-4H;;;/q2*+3;;3*-2. The van der Waals surface area contributed by atoms with Gasteiger partial charge in [-0.15, -0.1) is 0 Å². The molecule has 0 bridgehead atoms. The zero-order chi connectivity index (χ0) is 3.58. The van der Waals surface area contributed by atoms with Crippen LogP contribution >= 0.6 is 0 Å². The Hall–Kier alpha value is 0.890. The van der Waals surface area contributed by atoms with Crippen LogP contribution in [0.4, 0.5) is 0 Å². The Balaban J connectivity index is -0.00000000450. The molecule has 0 aliphatic heterocycles. The summed E-state index contributed by atoms with van der Waals surface area (Å²) in [5, 5.41) is 21.5. The molecule has 0 aromatic heterocycles.